The first-order valence-corrected chi connectivity index (χ1v) is 14.2. The number of methoxy groups -OCH3 is 1. The zero-order valence-corrected chi connectivity index (χ0v) is 22.9. The van der Waals surface area contributed by atoms with Crippen molar-refractivity contribution >= 4 is 9.84 Å². The van der Waals surface area contributed by atoms with Crippen LogP contribution >= 0.6 is 0 Å². The second-order valence-electron chi connectivity index (χ2n) is 9.28. The van der Waals surface area contributed by atoms with Crippen molar-refractivity contribution in [3.63, 3.8) is 0 Å². The monoisotopic (exact) mass is 507 g/mol. The van der Waals surface area contributed by atoms with E-state index in [2.05, 4.69) is 29.6 Å². The van der Waals surface area contributed by atoms with Crippen molar-refractivity contribution in [2.24, 2.45) is 11.3 Å². The molecular weight excluding hydrogens is 462 g/mol. The summed E-state index contributed by atoms with van der Waals surface area (Å²) in [5, 5.41) is 12.5. The molecule has 2 aromatic rings. The van der Waals surface area contributed by atoms with Crippen LogP contribution in [0.15, 0.2) is 59.5 Å². The molecular formula is C28H45NO5S. The Morgan fingerprint density at radius 2 is 1.60 bits per heavy atom. The second-order valence-corrected chi connectivity index (χ2v) is 11.3. The molecule has 1 saturated heterocycles. The highest BCUT2D eigenvalue weighted by atomic mass is 32.2. The van der Waals surface area contributed by atoms with Gasteiger partial charge in [0.2, 0.25) is 0 Å². The SMILES string of the molecule is CC.COc1ccc(S(=O)(=O)CC(C)(C)CO)cc1.c1ccc(COCCC2CCNCC2)cc1. The lowest BCUT2D eigenvalue weighted by atomic mass is 9.95. The van der Waals surface area contributed by atoms with Crippen molar-refractivity contribution in [3.05, 3.63) is 60.2 Å². The Morgan fingerprint density at radius 3 is 2.14 bits per heavy atom. The first-order chi connectivity index (χ1) is 16.8. The number of aliphatic hydroxyl groups is 1. The van der Waals surface area contributed by atoms with E-state index in [-0.39, 0.29) is 17.3 Å². The average Bonchev–Trinajstić information content (AvgIpc) is 2.89. The third kappa shape index (κ3) is 12.5. The highest BCUT2D eigenvalue weighted by Crippen LogP contribution is 2.23. The fourth-order valence-electron chi connectivity index (χ4n) is 3.61. The van der Waals surface area contributed by atoms with Gasteiger partial charge in [0.05, 0.1) is 24.4 Å². The van der Waals surface area contributed by atoms with Crippen molar-refractivity contribution < 1.29 is 23.0 Å². The summed E-state index contributed by atoms with van der Waals surface area (Å²) in [5.74, 6) is 1.41. The highest BCUT2D eigenvalue weighted by Gasteiger charge is 2.26. The molecule has 2 N–H and O–H groups in total. The Hall–Kier alpha value is -1.93. The maximum Gasteiger partial charge on any atom is 0.178 e. The molecule has 0 radical (unpaired) electrons. The van der Waals surface area contributed by atoms with Crippen LogP contribution in [0.25, 0.3) is 0 Å². The molecule has 1 heterocycles. The molecule has 198 valence electrons. The summed E-state index contributed by atoms with van der Waals surface area (Å²) in [6.45, 7) is 11.3. The van der Waals surface area contributed by atoms with Crippen LogP contribution in [0.4, 0.5) is 0 Å². The number of hydrogen-bond donors (Lipinski definition) is 2. The van der Waals surface area contributed by atoms with Gasteiger partial charge in [0.15, 0.2) is 9.84 Å². The molecule has 0 amide bonds. The first kappa shape index (κ1) is 31.1. The van der Waals surface area contributed by atoms with Crippen molar-refractivity contribution in [2.75, 3.05) is 39.2 Å². The molecule has 1 aliphatic rings. The predicted molar refractivity (Wildman–Crippen MR) is 144 cm³/mol. The number of rotatable bonds is 10. The molecule has 7 heteroatoms. The van der Waals surface area contributed by atoms with E-state index < -0.39 is 15.3 Å². The summed E-state index contributed by atoms with van der Waals surface area (Å²) in [5.41, 5.74) is 0.631. The topological polar surface area (TPSA) is 84.9 Å². The largest absolute Gasteiger partial charge is 0.497 e. The minimum Gasteiger partial charge on any atom is -0.497 e. The van der Waals surface area contributed by atoms with Gasteiger partial charge in [0, 0.05) is 18.6 Å². The molecule has 0 spiro atoms. The lowest BCUT2D eigenvalue weighted by Gasteiger charge is -2.22. The van der Waals surface area contributed by atoms with Crippen LogP contribution in [-0.4, -0.2) is 52.7 Å². The molecule has 35 heavy (non-hydrogen) atoms. The lowest BCUT2D eigenvalue weighted by Crippen LogP contribution is -2.28. The van der Waals surface area contributed by atoms with E-state index in [4.69, 9.17) is 14.6 Å². The smallest absolute Gasteiger partial charge is 0.178 e. The minimum atomic E-state index is -3.37. The third-order valence-electron chi connectivity index (χ3n) is 5.67. The average molecular weight is 508 g/mol. The van der Waals surface area contributed by atoms with Crippen LogP contribution in [0, 0.1) is 11.3 Å². The molecule has 1 aliphatic heterocycles. The van der Waals surface area contributed by atoms with Gasteiger partial charge >= 0.3 is 0 Å². The highest BCUT2D eigenvalue weighted by molar-refractivity contribution is 7.91. The van der Waals surface area contributed by atoms with E-state index >= 15 is 0 Å². The third-order valence-corrected chi connectivity index (χ3v) is 7.82. The van der Waals surface area contributed by atoms with Crippen LogP contribution < -0.4 is 10.1 Å². The van der Waals surface area contributed by atoms with Crippen LogP contribution in [-0.2, 0) is 21.2 Å². The Kier molecular flexibility index (Phi) is 14.8. The maximum atomic E-state index is 12.1. The van der Waals surface area contributed by atoms with Gasteiger partial charge in [-0.1, -0.05) is 58.0 Å². The van der Waals surface area contributed by atoms with E-state index in [9.17, 15) is 8.42 Å². The number of nitrogens with one attached hydrogen (secondary N) is 1. The van der Waals surface area contributed by atoms with Gasteiger partial charge in [-0.15, -0.1) is 0 Å². The first-order valence-electron chi connectivity index (χ1n) is 12.6. The summed E-state index contributed by atoms with van der Waals surface area (Å²) in [7, 11) is -1.84. The molecule has 2 aromatic carbocycles. The quantitative estimate of drug-likeness (QED) is 0.435. The molecule has 0 unspecified atom stereocenters. The van der Waals surface area contributed by atoms with Gasteiger partial charge in [-0.2, -0.15) is 0 Å². The van der Waals surface area contributed by atoms with E-state index in [1.54, 1.807) is 26.0 Å². The van der Waals surface area contributed by atoms with Gasteiger partial charge in [-0.05, 0) is 68.1 Å². The number of benzene rings is 2. The van der Waals surface area contributed by atoms with Crippen molar-refractivity contribution in [3.8, 4) is 5.75 Å². The molecule has 3 rings (SSSR count). The predicted octanol–water partition coefficient (Wildman–Crippen LogP) is 5.11. The molecule has 0 saturated carbocycles. The van der Waals surface area contributed by atoms with Crippen LogP contribution in [0.5, 0.6) is 5.75 Å². The molecule has 0 aromatic heterocycles. The van der Waals surface area contributed by atoms with Gasteiger partial charge in [-0.3, -0.25) is 0 Å². The Labute approximate surface area is 213 Å². The molecule has 0 aliphatic carbocycles. The zero-order chi connectivity index (χ0) is 26.2. The number of hydrogen-bond acceptors (Lipinski definition) is 6. The normalized spacial score (nSPS) is 14.2. The molecule has 0 bridgehead atoms. The summed E-state index contributed by atoms with van der Waals surface area (Å²) in [6, 6.07) is 16.6. The van der Waals surface area contributed by atoms with Crippen molar-refractivity contribution in [2.45, 2.75) is 58.5 Å². The number of piperidine rings is 1. The Bertz CT molecular complexity index is 893. The fraction of sp³-hybridized carbons (Fsp3) is 0.571. The van der Waals surface area contributed by atoms with Crippen molar-refractivity contribution in [1.29, 1.82) is 0 Å². The van der Waals surface area contributed by atoms with Gasteiger partial charge in [0.25, 0.3) is 0 Å². The summed E-state index contributed by atoms with van der Waals surface area (Å²) in [6.07, 6.45) is 3.85. The Morgan fingerprint density at radius 1 is 1.00 bits per heavy atom. The lowest BCUT2D eigenvalue weighted by molar-refractivity contribution is 0.103. The van der Waals surface area contributed by atoms with Crippen LogP contribution in [0.2, 0.25) is 0 Å². The Balaban J connectivity index is 0.000000327. The maximum absolute atomic E-state index is 12.1. The van der Waals surface area contributed by atoms with Gasteiger partial charge < -0.3 is 19.9 Å². The number of aliphatic hydroxyl groups excluding tert-OH is 1. The van der Waals surface area contributed by atoms with E-state index in [1.165, 1.54) is 57.2 Å². The second kappa shape index (κ2) is 16.7. The number of ether oxygens (including phenoxy) is 2. The van der Waals surface area contributed by atoms with E-state index in [0.29, 0.717) is 5.75 Å². The van der Waals surface area contributed by atoms with E-state index in [1.807, 2.05) is 19.9 Å². The van der Waals surface area contributed by atoms with Crippen LogP contribution in [0.1, 0.15) is 52.5 Å². The zero-order valence-electron chi connectivity index (χ0n) is 22.1. The van der Waals surface area contributed by atoms with Crippen LogP contribution in [0.3, 0.4) is 0 Å². The molecule has 6 nitrogen and oxygen atoms in total. The molecule has 1 fully saturated rings. The summed E-state index contributed by atoms with van der Waals surface area (Å²) < 4.78 is 34.8. The summed E-state index contributed by atoms with van der Waals surface area (Å²) in [4.78, 5) is 0.250. The van der Waals surface area contributed by atoms with Crippen molar-refractivity contribution in [1.82, 2.24) is 5.32 Å². The number of sulfone groups is 1. The van der Waals surface area contributed by atoms with Gasteiger partial charge in [-0.25, -0.2) is 8.42 Å². The summed E-state index contributed by atoms with van der Waals surface area (Å²) >= 11 is 0. The minimum absolute atomic E-state index is 0.0805. The fourth-order valence-corrected chi connectivity index (χ4v) is 5.45. The van der Waals surface area contributed by atoms with Gasteiger partial charge in [0.1, 0.15) is 5.75 Å². The van der Waals surface area contributed by atoms with E-state index in [0.717, 1.165) is 19.1 Å². The standard InChI is InChI=1S/C14H21NO.C12H18O4S.C2H6/c1-2-4-14(5-3-1)12-16-11-8-13-6-9-15-10-7-13;1-12(2,8-13)9-17(14,15)11-6-4-10(16-3)5-7-11;1-2/h1-5,13,15H,6-12H2;4-7,13H,8-9H2,1-3H3;1-2H3. The molecule has 0 atom stereocenters.